The zero-order valence-corrected chi connectivity index (χ0v) is 6.68. The minimum absolute atomic E-state index is 0.0427. The fourth-order valence-corrected chi connectivity index (χ4v) is 0.826. The van der Waals surface area contributed by atoms with E-state index in [0.29, 0.717) is 0 Å². The SMILES string of the molecule is C=C(C(N)=O)c1ccc(F)c(F)c1. The van der Waals surface area contributed by atoms with Crippen LogP contribution in [0.25, 0.3) is 5.57 Å². The van der Waals surface area contributed by atoms with E-state index in [4.69, 9.17) is 5.73 Å². The van der Waals surface area contributed by atoms with Crippen LogP contribution in [-0.2, 0) is 4.79 Å². The van der Waals surface area contributed by atoms with Crippen molar-refractivity contribution in [2.45, 2.75) is 0 Å². The predicted molar refractivity (Wildman–Crippen MR) is 44.6 cm³/mol. The summed E-state index contributed by atoms with van der Waals surface area (Å²) < 4.78 is 25.1. The summed E-state index contributed by atoms with van der Waals surface area (Å²) in [6.45, 7) is 3.33. The molecule has 1 aromatic carbocycles. The number of nitrogens with two attached hydrogens (primary N) is 1. The van der Waals surface area contributed by atoms with Gasteiger partial charge in [0.1, 0.15) is 0 Å². The van der Waals surface area contributed by atoms with Crippen molar-refractivity contribution in [1.82, 2.24) is 0 Å². The maximum Gasteiger partial charge on any atom is 0.248 e. The third-order valence-electron chi connectivity index (χ3n) is 1.57. The Labute approximate surface area is 73.7 Å². The largest absolute Gasteiger partial charge is 0.366 e. The summed E-state index contributed by atoms with van der Waals surface area (Å²) in [6, 6.07) is 3.03. The third-order valence-corrected chi connectivity index (χ3v) is 1.57. The fourth-order valence-electron chi connectivity index (χ4n) is 0.826. The predicted octanol–water partition coefficient (Wildman–Crippen LogP) is 1.46. The van der Waals surface area contributed by atoms with Crippen LogP contribution in [0.3, 0.4) is 0 Å². The first kappa shape index (κ1) is 9.38. The van der Waals surface area contributed by atoms with Gasteiger partial charge in [-0.3, -0.25) is 4.79 Å². The lowest BCUT2D eigenvalue weighted by molar-refractivity contribution is -0.112. The number of rotatable bonds is 2. The van der Waals surface area contributed by atoms with Crippen LogP contribution in [0.2, 0.25) is 0 Å². The van der Waals surface area contributed by atoms with Gasteiger partial charge >= 0.3 is 0 Å². The van der Waals surface area contributed by atoms with Gasteiger partial charge in [0, 0.05) is 5.57 Å². The van der Waals surface area contributed by atoms with E-state index in [1.54, 1.807) is 0 Å². The van der Waals surface area contributed by atoms with Crippen molar-refractivity contribution in [2.75, 3.05) is 0 Å². The van der Waals surface area contributed by atoms with Crippen molar-refractivity contribution in [3.8, 4) is 0 Å². The summed E-state index contributed by atoms with van der Waals surface area (Å²) >= 11 is 0. The van der Waals surface area contributed by atoms with E-state index in [2.05, 4.69) is 6.58 Å². The Morgan fingerprint density at radius 1 is 1.31 bits per heavy atom. The Bertz CT molecular complexity index is 374. The van der Waals surface area contributed by atoms with Crippen LogP contribution >= 0.6 is 0 Å². The smallest absolute Gasteiger partial charge is 0.248 e. The summed E-state index contributed by atoms with van der Waals surface area (Å²) in [5.41, 5.74) is 5.05. The molecule has 0 bridgehead atoms. The number of primary amides is 1. The van der Waals surface area contributed by atoms with E-state index < -0.39 is 17.5 Å². The molecule has 0 atom stereocenters. The molecule has 4 heteroatoms. The summed E-state index contributed by atoms with van der Waals surface area (Å²) in [7, 11) is 0. The molecule has 2 nitrogen and oxygen atoms in total. The monoisotopic (exact) mass is 183 g/mol. The molecule has 1 aromatic rings. The van der Waals surface area contributed by atoms with Crippen LogP contribution in [0.5, 0.6) is 0 Å². The van der Waals surface area contributed by atoms with Gasteiger partial charge in [-0.2, -0.15) is 0 Å². The lowest BCUT2D eigenvalue weighted by atomic mass is 10.1. The number of amides is 1. The average molecular weight is 183 g/mol. The van der Waals surface area contributed by atoms with Crippen molar-refractivity contribution < 1.29 is 13.6 Å². The zero-order chi connectivity index (χ0) is 10.0. The molecule has 0 unspecified atom stereocenters. The molecule has 0 fully saturated rings. The van der Waals surface area contributed by atoms with Crippen molar-refractivity contribution in [3.63, 3.8) is 0 Å². The molecule has 0 aliphatic rings. The molecule has 13 heavy (non-hydrogen) atoms. The first-order chi connectivity index (χ1) is 6.02. The maximum atomic E-state index is 12.6. The highest BCUT2D eigenvalue weighted by Crippen LogP contribution is 2.15. The first-order valence-corrected chi connectivity index (χ1v) is 3.46. The molecule has 0 saturated carbocycles. The highest BCUT2D eigenvalue weighted by molar-refractivity contribution is 6.17. The molecule has 1 amide bonds. The molecule has 1 rings (SSSR count). The summed E-state index contributed by atoms with van der Waals surface area (Å²) in [5, 5.41) is 0. The Morgan fingerprint density at radius 2 is 1.92 bits per heavy atom. The number of carbonyl (C=O) groups is 1. The summed E-state index contributed by atoms with van der Waals surface area (Å²) in [4.78, 5) is 10.6. The number of halogens is 2. The lowest BCUT2D eigenvalue weighted by Crippen LogP contribution is -2.12. The van der Waals surface area contributed by atoms with Gasteiger partial charge in [-0.05, 0) is 17.7 Å². The molecule has 0 aromatic heterocycles. The van der Waals surface area contributed by atoms with Crippen molar-refractivity contribution in [1.29, 1.82) is 0 Å². The van der Waals surface area contributed by atoms with Gasteiger partial charge in [0.25, 0.3) is 0 Å². The molecule has 0 aliphatic heterocycles. The molecule has 0 spiro atoms. The molecular weight excluding hydrogens is 176 g/mol. The second kappa shape index (κ2) is 3.35. The van der Waals surface area contributed by atoms with Gasteiger partial charge in [0.2, 0.25) is 5.91 Å². The number of carbonyl (C=O) groups excluding carboxylic acids is 1. The Morgan fingerprint density at radius 3 is 2.38 bits per heavy atom. The average Bonchev–Trinajstić information content (AvgIpc) is 2.08. The third kappa shape index (κ3) is 1.90. The van der Waals surface area contributed by atoms with Gasteiger partial charge < -0.3 is 5.73 Å². The molecule has 0 saturated heterocycles. The van der Waals surface area contributed by atoms with E-state index in [0.717, 1.165) is 12.1 Å². The second-order valence-corrected chi connectivity index (χ2v) is 2.47. The number of hydrogen-bond acceptors (Lipinski definition) is 1. The fraction of sp³-hybridized carbons (Fsp3) is 0. The number of hydrogen-bond donors (Lipinski definition) is 1. The van der Waals surface area contributed by atoms with Crippen LogP contribution in [0.4, 0.5) is 8.78 Å². The van der Waals surface area contributed by atoms with Crippen molar-refractivity contribution in [3.05, 3.63) is 42.0 Å². The zero-order valence-electron chi connectivity index (χ0n) is 6.68. The van der Waals surface area contributed by atoms with Gasteiger partial charge in [-0.25, -0.2) is 8.78 Å². The van der Waals surface area contributed by atoms with Crippen molar-refractivity contribution in [2.24, 2.45) is 5.73 Å². The van der Waals surface area contributed by atoms with Gasteiger partial charge in [-0.1, -0.05) is 12.6 Å². The van der Waals surface area contributed by atoms with Crippen LogP contribution in [0.15, 0.2) is 24.8 Å². The Kier molecular flexibility index (Phi) is 2.41. The van der Waals surface area contributed by atoms with Crippen LogP contribution in [0.1, 0.15) is 5.56 Å². The van der Waals surface area contributed by atoms with Crippen LogP contribution < -0.4 is 5.73 Å². The minimum Gasteiger partial charge on any atom is -0.366 e. The van der Waals surface area contributed by atoms with E-state index in [1.807, 2.05) is 0 Å². The standard InChI is InChI=1S/C9H7F2NO/c1-5(9(12)13)6-2-3-7(10)8(11)4-6/h2-4H,1H2,(H2,12,13). The Hall–Kier alpha value is -1.71. The first-order valence-electron chi connectivity index (χ1n) is 3.46. The van der Waals surface area contributed by atoms with E-state index in [-0.39, 0.29) is 11.1 Å². The normalized spacial score (nSPS) is 9.69. The topological polar surface area (TPSA) is 43.1 Å². The molecule has 68 valence electrons. The highest BCUT2D eigenvalue weighted by atomic mass is 19.2. The molecule has 0 heterocycles. The van der Waals surface area contributed by atoms with Gasteiger partial charge in [-0.15, -0.1) is 0 Å². The Balaban J connectivity index is 3.11. The van der Waals surface area contributed by atoms with Gasteiger partial charge in [0.15, 0.2) is 11.6 Å². The van der Waals surface area contributed by atoms with Crippen LogP contribution in [-0.4, -0.2) is 5.91 Å². The van der Waals surface area contributed by atoms with E-state index in [9.17, 15) is 13.6 Å². The molecule has 2 N–H and O–H groups in total. The second-order valence-electron chi connectivity index (χ2n) is 2.47. The van der Waals surface area contributed by atoms with Crippen molar-refractivity contribution >= 4 is 11.5 Å². The molecule has 0 aliphatic carbocycles. The van der Waals surface area contributed by atoms with E-state index in [1.165, 1.54) is 6.07 Å². The van der Waals surface area contributed by atoms with Gasteiger partial charge in [0.05, 0.1) is 0 Å². The minimum atomic E-state index is -1.03. The quantitative estimate of drug-likeness (QED) is 0.693. The molecular formula is C9H7F2NO. The summed E-state index contributed by atoms with van der Waals surface area (Å²) in [6.07, 6.45) is 0. The van der Waals surface area contributed by atoms with Crippen LogP contribution in [0, 0.1) is 11.6 Å². The van der Waals surface area contributed by atoms with E-state index >= 15 is 0 Å². The lowest BCUT2D eigenvalue weighted by Gasteiger charge is -2.01. The maximum absolute atomic E-state index is 12.6. The summed E-state index contributed by atoms with van der Waals surface area (Å²) in [5.74, 6) is -2.76. The molecule has 0 radical (unpaired) electrons. The number of benzene rings is 1. The highest BCUT2D eigenvalue weighted by Gasteiger charge is 2.08.